The van der Waals surface area contributed by atoms with Gasteiger partial charge in [0.1, 0.15) is 0 Å². The van der Waals surface area contributed by atoms with Crippen molar-refractivity contribution >= 4 is 43.1 Å². The van der Waals surface area contributed by atoms with Gasteiger partial charge in [-0.25, -0.2) is 0 Å². The quantitative estimate of drug-likeness (QED) is 0.156. The van der Waals surface area contributed by atoms with E-state index >= 15 is 0 Å². The Morgan fingerprint density at radius 1 is 0.157 bits per heavy atom. The van der Waals surface area contributed by atoms with Crippen LogP contribution in [0.5, 0.6) is 0 Å². The summed E-state index contributed by atoms with van der Waals surface area (Å²) in [7, 11) is 0. The molecule has 0 aliphatic heterocycles. The van der Waals surface area contributed by atoms with Crippen molar-refractivity contribution in [2.24, 2.45) is 0 Å². The van der Waals surface area contributed by atoms with Gasteiger partial charge in [-0.2, -0.15) is 0 Å². The first-order valence-corrected chi connectivity index (χ1v) is 24.4. The van der Waals surface area contributed by atoms with Gasteiger partial charge in [0.15, 0.2) is 0 Å². The summed E-state index contributed by atoms with van der Waals surface area (Å²) in [6.07, 6.45) is 0. The Kier molecular flexibility index (Phi) is 8.46. The predicted molar refractivity (Wildman–Crippen MR) is 298 cm³/mol. The van der Waals surface area contributed by atoms with Gasteiger partial charge in [-0.3, -0.25) is 0 Å². The van der Waals surface area contributed by atoms with Crippen LogP contribution in [0.3, 0.4) is 0 Å². The van der Waals surface area contributed by atoms with E-state index in [1.165, 1.54) is 154 Å². The van der Waals surface area contributed by atoms with Gasteiger partial charge in [0.25, 0.3) is 0 Å². The molecule has 0 N–H and O–H groups in total. The molecule has 0 bridgehead atoms. The zero-order valence-electron chi connectivity index (χ0n) is 38.2. The lowest BCUT2D eigenvalue weighted by Gasteiger charge is -2.21. The normalized spacial score (nSPS) is 12.0. The van der Waals surface area contributed by atoms with Crippen molar-refractivity contribution in [1.29, 1.82) is 0 Å². The predicted octanol–water partition coefficient (Wildman–Crippen LogP) is 19.6. The second kappa shape index (κ2) is 15.2. The monoisotopic (exact) mass is 882 g/mol. The van der Waals surface area contributed by atoms with E-state index < -0.39 is 0 Å². The Bertz CT molecular complexity index is 4280. The molecule has 0 saturated carbocycles. The standard InChI is InChI=1S/C70H42/c1-6-19-43(20-7-1)49-35-37-53-59(41-49)64(47-25-12-4-13-26-47)69-57-34-18-31-52-51(39-40-58(66(52)57)70(69)63(53)46-23-10-3-11-24-46)50-36-38-54-60(42-50)65(48-27-14-5-15-28-48)68-56-33-17-30-44-29-16-32-55(61(44)56)67(68)62(54)45-21-8-2-9-22-45/h1-42H. The molecule has 2 aliphatic rings. The van der Waals surface area contributed by atoms with Crippen LogP contribution in [0.2, 0.25) is 0 Å². The molecule has 322 valence electrons. The maximum Gasteiger partial charge on any atom is -0.000741 e. The number of rotatable bonds is 6. The molecule has 0 nitrogen and oxygen atoms in total. The van der Waals surface area contributed by atoms with Gasteiger partial charge in [0.05, 0.1) is 0 Å². The SMILES string of the molecule is c1ccc(-c2ccc3c(-c4ccccc4)c4c(c(-c5ccccc5)c3c2)-c2cccc3c(-c5ccc6c(-c7ccccc7)c7c(c(-c8ccccc8)c6c5)-c5cccc6cccc-7c56)ccc-4c23)cc1. The molecule has 0 saturated heterocycles. The van der Waals surface area contributed by atoms with E-state index in [9.17, 15) is 0 Å². The smallest absolute Gasteiger partial charge is 0.000741 e. The third kappa shape index (κ3) is 5.59. The Hall–Kier alpha value is -9.10. The molecule has 70 heavy (non-hydrogen) atoms. The van der Waals surface area contributed by atoms with Crippen molar-refractivity contribution < 1.29 is 0 Å². The number of hydrogen-bond acceptors (Lipinski definition) is 0. The van der Waals surface area contributed by atoms with Gasteiger partial charge in [-0.1, -0.05) is 243 Å². The lowest BCUT2D eigenvalue weighted by atomic mass is 9.81. The maximum atomic E-state index is 2.50. The van der Waals surface area contributed by atoms with Crippen LogP contribution < -0.4 is 0 Å². The first-order valence-electron chi connectivity index (χ1n) is 24.4. The summed E-state index contributed by atoms with van der Waals surface area (Å²) < 4.78 is 0. The lowest BCUT2D eigenvalue weighted by molar-refractivity contribution is 1.61. The molecule has 0 radical (unpaired) electrons. The highest BCUT2D eigenvalue weighted by atomic mass is 14.4. The van der Waals surface area contributed by atoms with Crippen LogP contribution in [-0.2, 0) is 0 Å². The highest BCUT2D eigenvalue weighted by Crippen LogP contribution is 2.61. The Morgan fingerprint density at radius 3 is 0.986 bits per heavy atom. The van der Waals surface area contributed by atoms with Crippen molar-refractivity contribution in [3.63, 3.8) is 0 Å². The van der Waals surface area contributed by atoms with Crippen LogP contribution in [-0.4, -0.2) is 0 Å². The molecule has 0 aromatic heterocycles. The van der Waals surface area contributed by atoms with Gasteiger partial charge in [0.2, 0.25) is 0 Å². The maximum absolute atomic E-state index is 2.50. The zero-order chi connectivity index (χ0) is 45.9. The number of hydrogen-bond donors (Lipinski definition) is 0. The molecule has 0 amide bonds. The molecule has 0 atom stereocenters. The fourth-order valence-corrected chi connectivity index (χ4v) is 12.5. The fourth-order valence-electron chi connectivity index (χ4n) is 12.5. The Balaban J connectivity index is 1.04. The van der Waals surface area contributed by atoms with Gasteiger partial charge < -0.3 is 0 Å². The summed E-state index contributed by atoms with van der Waals surface area (Å²) in [5.41, 5.74) is 25.4. The van der Waals surface area contributed by atoms with Crippen LogP contribution >= 0.6 is 0 Å². The summed E-state index contributed by atoms with van der Waals surface area (Å²) >= 11 is 0. The average Bonchev–Trinajstić information content (AvgIpc) is 3.94. The summed E-state index contributed by atoms with van der Waals surface area (Å²) in [6.45, 7) is 0. The molecule has 15 rings (SSSR count). The first-order chi connectivity index (χ1) is 34.8. The molecule has 13 aromatic carbocycles. The first kappa shape index (κ1) is 38.9. The highest BCUT2D eigenvalue weighted by molar-refractivity contribution is 6.31. The Morgan fingerprint density at radius 2 is 0.514 bits per heavy atom. The molecule has 0 unspecified atom stereocenters. The van der Waals surface area contributed by atoms with Crippen molar-refractivity contribution in [1.82, 2.24) is 0 Å². The van der Waals surface area contributed by atoms with Crippen LogP contribution in [0.1, 0.15) is 0 Å². The minimum absolute atomic E-state index is 1.21. The van der Waals surface area contributed by atoms with Crippen molar-refractivity contribution in [2.45, 2.75) is 0 Å². The lowest BCUT2D eigenvalue weighted by Crippen LogP contribution is -1.94. The van der Waals surface area contributed by atoms with Gasteiger partial charge in [-0.15, -0.1) is 0 Å². The van der Waals surface area contributed by atoms with Crippen LogP contribution in [0.15, 0.2) is 255 Å². The van der Waals surface area contributed by atoms with Gasteiger partial charge in [-0.05, 0) is 166 Å². The zero-order valence-corrected chi connectivity index (χ0v) is 38.2. The highest BCUT2D eigenvalue weighted by Gasteiger charge is 2.33. The second-order valence-electron chi connectivity index (χ2n) is 18.9. The Labute approximate surface area is 407 Å². The summed E-state index contributed by atoms with van der Waals surface area (Å²) in [5.74, 6) is 0. The van der Waals surface area contributed by atoms with E-state index in [4.69, 9.17) is 0 Å². The summed E-state index contributed by atoms with van der Waals surface area (Å²) in [4.78, 5) is 0. The van der Waals surface area contributed by atoms with Crippen LogP contribution in [0.25, 0.3) is 154 Å². The molecular weight excluding hydrogens is 841 g/mol. The molecule has 2 aliphatic carbocycles. The van der Waals surface area contributed by atoms with E-state index in [1.807, 2.05) is 0 Å². The van der Waals surface area contributed by atoms with E-state index in [2.05, 4.69) is 255 Å². The van der Waals surface area contributed by atoms with Crippen LogP contribution in [0.4, 0.5) is 0 Å². The van der Waals surface area contributed by atoms with E-state index in [1.54, 1.807) is 0 Å². The third-order valence-electron chi connectivity index (χ3n) is 15.3. The minimum Gasteiger partial charge on any atom is -0.0622 e. The van der Waals surface area contributed by atoms with Crippen LogP contribution in [0, 0.1) is 0 Å². The minimum atomic E-state index is 1.21. The summed E-state index contributed by atoms with van der Waals surface area (Å²) in [5, 5.41) is 10.2. The molecule has 0 heterocycles. The van der Waals surface area contributed by atoms with E-state index in [-0.39, 0.29) is 0 Å². The number of fused-ring (bicyclic) bond motifs is 8. The molecular formula is C70H42. The van der Waals surface area contributed by atoms with Gasteiger partial charge >= 0.3 is 0 Å². The molecule has 0 spiro atoms. The summed E-state index contributed by atoms with van der Waals surface area (Å²) in [6, 6.07) is 95.0. The van der Waals surface area contributed by atoms with Crippen molar-refractivity contribution in [3.05, 3.63) is 255 Å². The number of benzene rings is 13. The van der Waals surface area contributed by atoms with Crippen molar-refractivity contribution in [2.75, 3.05) is 0 Å². The van der Waals surface area contributed by atoms with E-state index in [0.29, 0.717) is 0 Å². The van der Waals surface area contributed by atoms with E-state index in [0.717, 1.165) is 0 Å². The molecule has 0 heteroatoms. The third-order valence-corrected chi connectivity index (χ3v) is 15.3. The topological polar surface area (TPSA) is 0 Å². The molecule has 0 fully saturated rings. The van der Waals surface area contributed by atoms with Gasteiger partial charge in [0, 0.05) is 0 Å². The van der Waals surface area contributed by atoms with Crippen molar-refractivity contribution in [3.8, 4) is 111 Å². The second-order valence-corrected chi connectivity index (χ2v) is 18.9. The fraction of sp³-hybridized carbons (Fsp3) is 0. The largest absolute Gasteiger partial charge is 0.0622 e. The average molecular weight is 883 g/mol. The molecule has 13 aromatic rings.